The molecule has 25 heavy (non-hydrogen) atoms. The van der Waals surface area contributed by atoms with Crippen LogP contribution in [0.3, 0.4) is 0 Å². The third-order valence-corrected chi connectivity index (χ3v) is 5.37. The van der Waals surface area contributed by atoms with Crippen molar-refractivity contribution in [3.8, 4) is 0 Å². The Labute approximate surface area is 149 Å². The second-order valence-corrected chi connectivity index (χ2v) is 7.13. The van der Waals surface area contributed by atoms with Gasteiger partial charge in [0.1, 0.15) is 11.6 Å². The van der Waals surface area contributed by atoms with E-state index >= 15 is 0 Å². The van der Waals surface area contributed by atoms with Crippen molar-refractivity contribution in [2.75, 3.05) is 11.9 Å². The molecule has 2 aliphatic heterocycles. The molecule has 1 saturated heterocycles. The number of amides is 1. The summed E-state index contributed by atoms with van der Waals surface area (Å²) in [5.74, 6) is 2.08. The van der Waals surface area contributed by atoms with Gasteiger partial charge in [0.2, 0.25) is 5.91 Å². The van der Waals surface area contributed by atoms with Crippen molar-refractivity contribution in [2.45, 2.75) is 57.7 Å². The van der Waals surface area contributed by atoms with Gasteiger partial charge in [-0.2, -0.15) is 0 Å². The molecule has 2 aliphatic rings. The molecule has 0 aliphatic carbocycles. The predicted molar refractivity (Wildman–Crippen MR) is 98.3 cm³/mol. The first-order valence-electron chi connectivity index (χ1n) is 9.44. The van der Waals surface area contributed by atoms with Gasteiger partial charge in [0.15, 0.2) is 0 Å². The number of anilines is 1. The van der Waals surface area contributed by atoms with Gasteiger partial charge in [-0.05, 0) is 37.8 Å². The molecule has 1 aromatic carbocycles. The highest BCUT2D eigenvalue weighted by Crippen LogP contribution is 2.23. The topological polar surface area (TPSA) is 50.2 Å². The number of rotatable bonds is 4. The molecule has 1 amide bonds. The SMILES string of the molecule is O=C(Nc1cnc2n1CCCC2)[C@@H]1CCCCN1Cc1ccccc1. The van der Waals surface area contributed by atoms with Crippen LogP contribution in [0.2, 0.25) is 0 Å². The first-order valence-corrected chi connectivity index (χ1v) is 9.44. The van der Waals surface area contributed by atoms with E-state index in [9.17, 15) is 4.79 Å². The number of imidazole rings is 1. The molecule has 0 spiro atoms. The number of aryl methyl sites for hydroxylation is 1. The second kappa shape index (κ2) is 7.40. The van der Waals surface area contributed by atoms with Gasteiger partial charge in [-0.15, -0.1) is 0 Å². The van der Waals surface area contributed by atoms with E-state index in [-0.39, 0.29) is 11.9 Å². The van der Waals surface area contributed by atoms with E-state index in [4.69, 9.17) is 0 Å². The average molecular weight is 338 g/mol. The van der Waals surface area contributed by atoms with Gasteiger partial charge < -0.3 is 9.88 Å². The fourth-order valence-electron chi connectivity index (χ4n) is 4.02. The van der Waals surface area contributed by atoms with Crippen LogP contribution < -0.4 is 5.32 Å². The van der Waals surface area contributed by atoms with Crippen LogP contribution >= 0.6 is 0 Å². The van der Waals surface area contributed by atoms with Crippen molar-refractivity contribution in [2.24, 2.45) is 0 Å². The number of carbonyl (C=O) groups is 1. The van der Waals surface area contributed by atoms with Crippen molar-refractivity contribution >= 4 is 11.7 Å². The highest BCUT2D eigenvalue weighted by molar-refractivity contribution is 5.94. The molecule has 4 rings (SSSR count). The van der Waals surface area contributed by atoms with Crippen LogP contribution in [0.4, 0.5) is 5.82 Å². The lowest BCUT2D eigenvalue weighted by Crippen LogP contribution is -2.46. The lowest BCUT2D eigenvalue weighted by atomic mass is 10.0. The van der Waals surface area contributed by atoms with E-state index in [0.717, 1.165) is 57.0 Å². The van der Waals surface area contributed by atoms with Gasteiger partial charge in [0.25, 0.3) is 0 Å². The molecule has 0 radical (unpaired) electrons. The zero-order valence-corrected chi connectivity index (χ0v) is 14.7. The maximum atomic E-state index is 13.0. The third-order valence-electron chi connectivity index (χ3n) is 5.37. The van der Waals surface area contributed by atoms with E-state index in [1.807, 2.05) is 12.3 Å². The number of hydrogen-bond donors (Lipinski definition) is 1. The minimum Gasteiger partial charge on any atom is -0.315 e. The number of piperidine rings is 1. The van der Waals surface area contributed by atoms with Crippen LogP contribution in [-0.4, -0.2) is 32.9 Å². The molecule has 5 nitrogen and oxygen atoms in total. The van der Waals surface area contributed by atoms with Crippen LogP contribution in [0, 0.1) is 0 Å². The first kappa shape index (κ1) is 16.3. The Kier molecular flexibility index (Phi) is 4.83. The molecule has 0 saturated carbocycles. The monoisotopic (exact) mass is 338 g/mol. The molecule has 132 valence electrons. The van der Waals surface area contributed by atoms with Crippen molar-refractivity contribution in [3.63, 3.8) is 0 Å². The fraction of sp³-hybridized carbons (Fsp3) is 0.500. The van der Waals surface area contributed by atoms with E-state index in [1.54, 1.807) is 0 Å². The normalized spacial score (nSPS) is 20.9. The third kappa shape index (κ3) is 3.61. The number of aromatic nitrogens is 2. The Hall–Kier alpha value is -2.14. The molecule has 2 aromatic rings. The van der Waals surface area contributed by atoms with Crippen molar-refractivity contribution in [3.05, 3.63) is 47.9 Å². The summed E-state index contributed by atoms with van der Waals surface area (Å²) in [4.78, 5) is 19.8. The second-order valence-electron chi connectivity index (χ2n) is 7.13. The quantitative estimate of drug-likeness (QED) is 0.931. The molecule has 1 fully saturated rings. The summed E-state index contributed by atoms with van der Waals surface area (Å²) in [6, 6.07) is 10.4. The molecule has 1 atom stereocenters. The number of benzene rings is 1. The largest absolute Gasteiger partial charge is 0.315 e. The zero-order chi connectivity index (χ0) is 17.1. The van der Waals surface area contributed by atoms with Gasteiger partial charge in [0, 0.05) is 19.5 Å². The Balaban J connectivity index is 1.46. The molecular weight excluding hydrogens is 312 g/mol. The van der Waals surface area contributed by atoms with E-state index in [0.29, 0.717) is 0 Å². The molecule has 0 unspecified atom stereocenters. The van der Waals surface area contributed by atoms with Crippen LogP contribution in [-0.2, 0) is 24.3 Å². The first-order chi connectivity index (χ1) is 12.3. The van der Waals surface area contributed by atoms with E-state index < -0.39 is 0 Å². The van der Waals surface area contributed by atoms with Crippen LogP contribution in [0.1, 0.15) is 43.5 Å². The highest BCUT2D eigenvalue weighted by atomic mass is 16.2. The van der Waals surface area contributed by atoms with Gasteiger partial charge in [-0.3, -0.25) is 9.69 Å². The molecule has 0 bridgehead atoms. The molecule has 3 heterocycles. The summed E-state index contributed by atoms with van der Waals surface area (Å²) >= 11 is 0. The standard InChI is InChI=1S/C20H26N4O/c25-20(22-19-14-21-18-11-5-7-13-24(18)19)17-10-4-6-12-23(17)15-16-8-2-1-3-9-16/h1-3,8-9,14,17H,4-7,10-13,15H2,(H,22,25)/t17-/m0/s1. The number of fused-ring (bicyclic) bond motifs is 1. The molecular formula is C20H26N4O. The fourth-order valence-corrected chi connectivity index (χ4v) is 4.02. The summed E-state index contributed by atoms with van der Waals surface area (Å²) in [6.07, 6.45) is 8.41. The summed E-state index contributed by atoms with van der Waals surface area (Å²) < 4.78 is 2.17. The predicted octanol–water partition coefficient (Wildman–Crippen LogP) is 3.21. The Morgan fingerprint density at radius 3 is 2.84 bits per heavy atom. The van der Waals surface area contributed by atoms with E-state index in [1.165, 1.54) is 18.4 Å². The maximum absolute atomic E-state index is 13.0. The van der Waals surface area contributed by atoms with Crippen molar-refractivity contribution < 1.29 is 4.79 Å². The van der Waals surface area contributed by atoms with Crippen LogP contribution in [0.25, 0.3) is 0 Å². The molecule has 1 N–H and O–H groups in total. The van der Waals surface area contributed by atoms with Gasteiger partial charge in [0.05, 0.1) is 12.2 Å². The lowest BCUT2D eigenvalue weighted by Gasteiger charge is -2.34. The number of likely N-dealkylation sites (tertiary alicyclic amines) is 1. The Morgan fingerprint density at radius 1 is 1.12 bits per heavy atom. The van der Waals surface area contributed by atoms with Crippen molar-refractivity contribution in [1.29, 1.82) is 0 Å². The number of nitrogens with one attached hydrogen (secondary N) is 1. The summed E-state index contributed by atoms with van der Waals surface area (Å²) in [5, 5.41) is 3.16. The number of hydrogen-bond acceptors (Lipinski definition) is 3. The summed E-state index contributed by atoms with van der Waals surface area (Å²) in [5.41, 5.74) is 1.27. The van der Waals surface area contributed by atoms with E-state index in [2.05, 4.69) is 44.0 Å². The van der Waals surface area contributed by atoms with Gasteiger partial charge in [-0.1, -0.05) is 36.8 Å². The number of nitrogens with zero attached hydrogens (tertiary/aromatic N) is 3. The van der Waals surface area contributed by atoms with Crippen molar-refractivity contribution in [1.82, 2.24) is 14.5 Å². The minimum atomic E-state index is -0.0521. The number of carbonyl (C=O) groups excluding carboxylic acids is 1. The van der Waals surface area contributed by atoms with Gasteiger partial charge in [-0.25, -0.2) is 4.98 Å². The zero-order valence-electron chi connectivity index (χ0n) is 14.7. The van der Waals surface area contributed by atoms with Crippen LogP contribution in [0.5, 0.6) is 0 Å². The van der Waals surface area contributed by atoms with Gasteiger partial charge >= 0.3 is 0 Å². The summed E-state index contributed by atoms with van der Waals surface area (Å²) in [7, 11) is 0. The Bertz CT molecular complexity index is 725. The molecule has 1 aromatic heterocycles. The minimum absolute atomic E-state index is 0.0521. The van der Waals surface area contributed by atoms with Crippen LogP contribution in [0.15, 0.2) is 36.5 Å². The smallest absolute Gasteiger partial charge is 0.242 e. The average Bonchev–Trinajstić information content (AvgIpc) is 3.06. The maximum Gasteiger partial charge on any atom is 0.242 e. The highest BCUT2D eigenvalue weighted by Gasteiger charge is 2.29. The lowest BCUT2D eigenvalue weighted by molar-refractivity contribution is -0.122. The summed E-state index contributed by atoms with van der Waals surface area (Å²) in [6.45, 7) is 2.78. The Morgan fingerprint density at radius 2 is 1.96 bits per heavy atom. The molecule has 5 heteroatoms.